The van der Waals surface area contributed by atoms with E-state index in [9.17, 15) is 9.90 Å². The van der Waals surface area contributed by atoms with E-state index in [0.717, 1.165) is 25.7 Å². The van der Waals surface area contributed by atoms with Crippen molar-refractivity contribution in [3.8, 4) is 0 Å². The smallest absolute Gasteiger partial charge is 0.293 e. The first-order valence-corrected chi connectivity index (χ1v) is 5.55. The molecule has 1 radical (unpaired) electrons. The van der Waals surface area contributed by atoms with E-state index in [-0.39, 0.29) is 6.61 Å². The molecule has 0 unspecified atom stereocenters. The summed E-state index contributed by atoms with van der Waals surface area (Å²) in [6.45, 7) is 1.13. The monoisotopic (exact) mass is 201 g/mol. The first-order valence-electron chi connectivity index (χ1n) is 5.55. The fraction of sp³-hybridized carbons (Fsp3) is 0.909. The van der Waals surface area contributed by atoms with Gasteiger partial charge in [-0.2, -0.15) is 0 Å². The highest BCUT2D eigenvalue weighted by atomic mass is 16.5. The predicted octanol–water partition coefficient (Wildman–Crippen LogP) is 2.71. The van der Waals surface area contributed by atoms with E-state index in [1.165, 1.54) is 25.7 Å². The SMILES string of the molecule is [O]CCCCCCCCCCOC=O. The van der Waals surface area contributed by atoms with Gasteiger partial charge in [-0.3, -0.25) is 4.79 Å². The molecule has 0 aromatic carbocycles. The van der Waals surface area contributed by atoms with Gasteiger partial charge >= 0.3 is 0 Å². The summed E-state index contributed by atoms with van der Waals surface area (Å²) in [5.74, 6) is 0. The highest BCUT2D eigenvalue weighted by Gasteiger charge is 1.92. The van der Waals surface area contributed by atoms with Gasteiger partial charge in [0.05, 0.1) is 13.2 Å². The maximum atomic E-state index is 10.1. The summed E-state index contributed by atoms with van der Waals surface area (Å²) in [6.07, 6.45) is 8.88. The zero-order valence-electron chi connectivity index (χ0n) is 8.87. The minimum atomic E-state index is 0.0725. The third-order valence-electron chi connectivity index (χ3n) is 2.22. The van der Waals surface area contributed by atoms with Crippen molar-refractivity contribution in [2.24, 2.45) is 0 Å². The molecule has 0 aromatic rings. The van der Waals surface area contributed by atoms with Crippen LogP contribution in [0.5, 0.6) is 0 Å². The number of unbranched alkanes of at least 4 members (excludes halogenated alkanes) is 7. The Bertz CT molecular complexity index is 115. The van der Waals surface area contributed by atoms with Crippen LogP contribution in [0.3, 0.4) is 0 Å². The Balaban J connectivity index is 2.81. The number of carbonyl (C=O) groups excluding carboxylic acids is 1. The predicted molar refractivity (Wildman–Crippen MR) is 54.5 cm³/mol. The first kappa shape index (κ1) is 13.4. The molecule has 83 valence electrons. The summed E-state index contributed by atoms with van der Waals surface area (Å²) in [4.78, 5) is 9.79. The zero-order chi connectivity index (χ0) is 10.5. The lowest BCUT2D eigenvalue weighted by atomic mass is 10.1. The highest BCUT2D eigenvalue weighted by Crippen LogP contribution is 2.08. The molecule has 0 amide bonds. The lowest BCUT2D eigenvalue weighted by molar-refractivity contribution is -0.128. The molecule has 0 bridgehead atoms. The molecule has 0 aromatic heterocycles. The van der Waals surface area contributed by atoms with Gasteiger partial charge in [-0.25, -0.2) is 5.11 Å². The van der Waals surface area contributed by atoms with Gasteiger partial charge < -0.3 is 4.74 Å². The molecular formula is C11H21O3. The van der Waals surface area contributed by atoms with Crippen LogP contribution in [-0.4, -0.2) is 19.7 Å². The molecule has 3 heteroatoms. The topological polar surface area (TPSA) is 46.2 Å². The summed E-state index contributed by atoms with van der Waals surface area (Å²) < 4.78 is 4.58. The lowest BCUT2D eigenvalue weighted by Gasteiger charge is -2.00. The van der Waals surface area contributed by atoms with Gasteiger partial charge in [-0.15, -0.1) is 0 Å². The van der Waals surface area contributed by atoms with Crippen molar-refractivity contribution in [3.63, 3.8) is 0 Å². The molecule has 0 atom stereocenters. The van der Waals surface area contributed by atoms with Crippen LogP contribution in [0.4, 0.5) is 0 Å². The van der Waals surface area contributed by atoms with Gasteiger partial charge in [0, 0.05) is 0 Å². The van der Waals surface area contributed by atoms with E-state index in [1.807, 2.05) is 0 Å². The van der Waals surface area contributed by atoms with Crippen LogP contribution < -0.4 is 0 Å². The molecule has 0 saturated carbocycles. The Hall–Kier alpha value is -0.570. The normalized spacial score (nSPS) is 10.1. The molecule has 0 spiro atoms. The van der Waals surface area contributed by atoms with Crippen LogP contribution in [0.15, 0.2) is 0 Å². The molecule has 0 heterocycles. The van der Waals surface area contributed by atoms with Crippen LogP contribution in [-0.2, 0) is 14.6 Å². The van der Waals surface area contributed by atoms with Gasteiger partial charge in [0.1, 0.15) is 0 Å². The van der Waals surface area contributed by atoms with E-state index in [1.54, 1.807) is 0 Å². The zero-order valence-corrected chi connectivity index (χ0v) is 8.87. The molecule has 0 aliphatic carbocycles. The molecule has 3 nitrogen and oxygen atoms in total. The number of hydrogen-bond acceptors (Lipinski definition) is 2. The molecule has 0 saturated heterocycles. The van der Waals surface area contributed by atoms with Crippen LogP contribution >= 0.6 is 0 Å². The Morgan fingerprint density at radius 2 is 1.29 bits per heavy atom. The number of carbonyl (C=O) groups is 1. The van der Waals surface area contributed by atoms with E-state index in [0.29, 0.717) is 13.1 Å². The minimum absolute atomic E-state index is 0.0725. The van der Waals surface area contributed by atoms with Gasteiger partial charge in [-0.05, 0) is 12.8 Å². The number of hydrogen-bond donors (Lipinski definition) is 0. The average Bonchev–Trinajstić information content (AvgIpc) is 2.21. The maximum Gasteiger partial charge on any atom is 0.293 e. The quantitative estimate of drug-likeness (QED) is 0.381. The number of rotatable bonds is 11. The van der Waals surface area contributed by atoms with Crippen LogP contribution in [0, 0.1) is 0 Å². The average molecular weight is 201 g/mol. The van der Waals surface area contributed by atoms with Crippen molar-refractivity contribution >= 4 is 6.47 Å². The van der Waals surface area contributed by atoms with E-state index in [2.05, 4.69) is 4.74 Å². The lowest BCUT2D eigenvalue weighted by Crippen LogP contribution is -1.91. The molecule has 0 rings (SSSR count). The van der Waals surface area contributed by atoms with Gasteiger partial charge in [0.15, 0.2) is 0 Å². The van der Waals surface area contributed by atoms with Crippen molar-refractivity contribution in [1.82, 2.24) is 0 Å². The summed E-state index contributed by atoms with van der Waals surface area (Å²) in [7, 11) is 0. The van der Waals surface area contributed by atoms with E-state index >= 15 is 0 Å². The van der Waals surface area contributed by atoms with Gasteiger partial charge in [0.2, 0.25) is 0 Å². The van der Waals surface area contributed by atoms with Crippen molar-refractivity contribution in [3.05, 3.63) is 0 Å². The summed E-state index contributed by atoms with van der Waals surface area (Å²) >= 11 is 0. The Kier molecular flexibility index (Phi) is 11.9. The maximum absolute atomic E-state index is 10.1. The molecular weight excluding hydrogens is 180 g/mol. The van der Waals surface area contributed by atoms with E-state index in [4.69, 9.17) is 0 Å². The standard InChI is InChI=1S/C11H21O3/c12-9-7-5-3-1-2-4-6-8-10-14-11-13/h11H,1-10H2. The fourth-order valence-electron chi connectivity index (χ4n) is 1.40. The largest absolute Gasteiger partial charge is 0.468 e. The molecule has 14 heavy (non-hydrogen) atoms. The molecule has 0 aliphatic rings. The third-order valence-corrected chi connectivity index (χ3v) is 2.22. The molecule has 0 fully saturated rings. The summed E-state index contributed by atoms with van der Waals surface area (Å²) in [5.41, 5.74) is 0. The summed E-state index contributed by atoms with van der Waals surface area (Å²) in [6, 6.07) is 0. The number of ether oxygens (including phenoxy) is 1. The second kappa shape index (κ2) is 12.4. The van der Waals surface area contributed by atoms with Crippen molar-refractivity contribution < 1.29 is 14.6 Å². The van der Waals surface area contributed by atoms with Crippen LogP contribution in [0.2, 0.25) is 0 Å². The second-order valence-electron chi connectivity index (χ2n) is 3.50. The van der Waals surface area contributed by atoms with Crippen molar-refractivity contribution in [2.45, 2.75) is 51.4 Å². The molecule has 0 N–H and O–H groups in total. The van der Waals surface area contributed by atoms with Crippen molar-refractivity contribution in [1.29, 1.82) is 0 Å². The molecule has 0 aliphatic heterocycles. The Labute approximate surface area is 86.5 Å². The fourth-order valence-corrected chi connectivity index (χ4v) is 1.40. The highest BCUT2D eigenvalue weighted by molar-refractivity contribution is 5.36. The Morgan fingerprint density at radius 1 is 0.786 bits per heavy atom. The van der Waals surface area contributed by atoms with E-state index < -0.39 is 0 Å². The Morgan fingerprint density at radius 3 is 1.79 bits per heavy atom. The third kappa shape index (κ3) is 11.4. The van der Waals surface area contributed by atoms with Crippen molar-refractivity contribution in [2.75, 3.05) is 13.2 Å². The second-order valence-corrected chi connectivity index (χ2v) is 3.50. The minimum Gasteiger partial charge on any atom is -0.468 e. The van der Waals surface area contributed by atoms with Gasteiger partial charge in [-0.1, -0.05) is 38.5 Å². The summed E-state index contributed by atoms with van der Waals surface area (Å²) in [5, 5.41) is 10.1. The van der Waals surface area contributed by atoms with Gasteiger partial charge in [0.25, 0.3) is 6.47 Å². The first-order chi connectivity index (χ1) is 6.91. The van der Waals surface area contributed by atoms with Crippen LogP contribution in [0.25, 0.3) is 0 Å². The van der Waals surface area contributed by atoms with Crippen LogP contribution in [0.1, 0.15) is 51.4 Å².